The fourth-order valence-electron chi connectivity index (χ4n) is 2.07. The van der Waals surface area contributed by atoms with E-state index in [0.29, 0.717) is 11.6 Å². The first-order valence-corrected chi connectivity index (χ1v) is 5.94. The molecular formula is C13H18N4. The lowest BCUT2D eigenvalue weighted by Crippen LogP contribution is -2.51. The zero-order chi connectivity index (χ0) is 12.1. The number of benzene rings is 1. The van der Waals surface area contributed by atoms with Crippen LogP contribution in [0.5, 0.6) is 0 Å². The summed E-state index contributed by atoms with van der Waals surface area (Å²) in [5, 5.41) is 15.7. The van der Waals surface area contributed by atoms with Crippen LogP contribution in [0.2, 0.25) is 0 Å². The van der Waals surface area contributed by atoms with E-state index in [4.69, 9.17) is 5.26 Å². The summed E-state index contributed by atoms with van der Waals surface area (Å²) in [6.45, 7) is 4.10. The van der Waals surface area contributed by atoms with Gasteiger partial charge in [0.15, 0.2) is 0 Å². The van der Waals surface area contributed by atoms with Gasteiger partial charge in [-0.2, -0.15) is 5.26 Å². The van der Waals surface area contributed by atoms with Crippen LogP contribution in [0.3, 0.4) is 0 Å². The second-order valence-corrected chi connectivity index (χ2v) is 4.49. The Kier molecular flexibility index (Phi) is 3.97. The van der Waals surface area contributed by atoms with Crippen molar-refractivity contribution in [2.75, 3.05) is 38.5 Å². The first-order chi connectivity index (χ1) is 8.28. The van der Waals surface area contributed by atoms with E-state index in [1.165, 1.54) is 0 Å². The van der Waals surface area contributed by atoms with Gasteiger partial charge >= 0.3 is 0 Å². The van der Waals surface area contributed by atoms with Gasteiger partial charge in [0.05, 0.1) is 11.6 Å². The molecule has 0 aliphatic carbocycles. The fraction of sp³-hybridized carbons (Fsp3) is 0.462. The standard InChI is InChI=1S/C13H18N4/c1-17-6-5-15-13(10-17)9-16-12-4-2-3-11(7-12)8-14/h2-4,7,13,15-16H,5-6,9-10H2,1H3. The van der Waals surface area contributed by atoms with Crippen LogP contribution in [-0.2, 0) is 0 Å². The van der Waals surface area contributed by atoms with Crippen LogP contribution < -0.4 is 10.6 Å². The third-order valence-corrected chi connectivity index (χ3v) is 3.00. The van der Waals surface area contributed by atoms with Gasteiger partial charge in [-0.1, -0.05) is 6.07 Å². The molecule has 0 amide bonds. The van der Waals surface area contributed by atoms with Crippen molar-refractivity contribution in [2.45, 2.75) is 6.04 Å². The second-order valence-electron chi connectivity index (χ2n) is 4.49. The molecule has 1 aliphatic heterocycles. The highest BCUT2D eigenvalue weighted by molar-refractivity contribution is 5.49. The summed E-state index contributed by atoms with van der Waals surface area (Å²) in [6, 6.07) is 10.2. The van der Waals surface area contributed by atoms with Gasteiger partial charge in [0, 0.05) is 37.9 Å². The predicted molar refractivity (Wildman–Crippen MR) is 68.9 cm³/mol. The molecular weight excluding hydrogens is 212 g/mol. The van der Waals surface area contributed by atoms with Gasteiger partial charge in [0.25, 0.3) is 0 Å². The van der Waals surface area contributed by atoms with Crippen LogP contribution in [0.15, 0.2) is 24.3 Å². The molecule has 1 aromatic carbocycles. The summed E-state index contributed by atoms with van der Waals surface area (Å²) in [4.78, 5) is 2.33. The minimum atomic E-state index is 0.472. The lowest BCUT2D eigenvalue weighted by molar-refractivity contribution is 0.244. The first kappa shape index (κ1) is 11.9. The minimum absolute atomic E-state index is 0.472. The Bertz CT molecular complexity index is 410. The molecule has 1 atom stereocenters. The maximum absolute atomic E-state index is 8.82. The summed E-state index contributed by atoms with van der Waals surface area (Å²) < 4.78 is 0. The molecule has 1 aliphatic rings. The lowest BCUT2D eigenvalue weighted by atomic mass is 10.2. The maximum Gasteiger partial charge on any atom is 0.0992 e. The third-order valence-electron chi connectivity index (χ3n) is 3.00. The number of nitrogens with one attached hydrogen (secondary N) is 2. The maximum atomic E-state index is 8.82. The van der Waals surface area contributed by atoms with Crippen LogP contribution in [-0.4, -0.2) is 44.2 Å². The Morgan fingerprint density at radius 1 is 1.59 bits per heavy atom. The van der Waals surface area contributed by atoms with Gasteiger partial charge in [0.1, 0.15) is 0 Å². The van der Waals surface area contributed by atoms with E-state index < -0.39 is 0 Å². The van der Waals surface area contributed by atoms with E-state index in [0.717, 1.165) is 31.9 Å². The number of nitrogens with zero attached hydrogens (tertiary/aromatic N) is 2. The molecule has 0 radical (unpaired) electrons. The molecule has 17 heavy (non-hydrogen) atoms. The predicted octanol–water partition coefficient (Wildman–Crippen LogP) is 0.874. The number of piperazine rings is 1. The van der Waals surface area contributed by atoms with Gasteiger partial charge < -0.3 is 15.5 Å². The topological polar surface area (TPSA) is 51.1 Å². The number of hydrogen-bond donors (Lipinski definition) is 2. The van der Waals surface area contributed by atoms with Gasteiger partial charge in [-0.25, -0.2) is 0 Å². The molecule has 0 saturated carbocycles. The molecule has 1 unspecified atom stereocenters. The van der Waals surface area contributed by atoms with Crippen LogP contribution in [0, 0.1) is 11.3 Å². The average molecular weight is 230 g/mol. The smallest absolute Gasteiger partial charge is 0.0992 e. The lowest BCUT2D eigenvalue weighted by Gasteiger charge is -2.31. The Hall–Kier alpha value is -1.57. The van der Waals surface area contributed by atoms with Crippen LogP contribution in [0.25, 0.3) is 0 Å². The molecule has 4 heteroatoms. The van der Waals surface area contributed by atoms with E-state index >= 15 is 0 Å². The highest BCUT2D eigenvalue weighted by Gasteiger charge is 2.15. The van der Waals surface area contributed by atoms with Crippen molar-refractivity contribution in [3.63, 3.8) is 0 Å². The number of rotatable bonds is 3. The van der Waals surface area contributed by atoms with Gasteiger partial charge in [0.2, 0.25) is 0 Å². The molecule has 1 aromatic rings. The number of anilines is 1. The quantitative estimate of drug-likeness (QED) is 0.809. The van der Waals surface area contributed by atoms with Crippen molar-refractivity contribution in [3.8, 4) is 6.07 Å². The Morgan fingerprint density at radius 3 is 3.24 bits per heavy atom. The van der Waals surface area contributed by atoms with Gasteiger partial charge in [-0.05, 0) is 25.2 Å². The van der Waals surface area contributed by atoms with Gasteiger partial charge in [-0.15, -0.1) is 0 Å². The van der Waals surface area contributed by atoms with Crippen molar-refractivity contribution in [1.29, 1.82) is 5.26 Å². The Labute approximate surface area is 102 Å². The average Bonchev–Trinajstić information content (AvgIpc) is 2.37. The summed E-state index contributed by atoms with van der Waals surface area (Å²) in [6.07, 6.45) is 0. The van der Waals surface area contributed by atoms with Crippen LogP contribution in [0.4, 0.5) is 5.69 Å². The van der Waals surface area contributed by atoms with Crippen LogP contribution >= 0.6 is 0 Å². The first-order valence-electron chi connectivity index (χ1n) is 5.94. The van der Waals surface area contributed by atoms with E-state index in [9.17, 15) is 0 Å². The van der Waals surface area contributed by atoms with Crippen molar-refractivity contribution in [2.24, 2.45) is 0 Å². The number of likely N-dealkylation sites (N-methyl/N-ethyl adjacent to an activating group) is 1. The number of hydrogen-bond acceptors (Lipinski definition) is 4. The molecule has 1 heterocycles. The summed E-state index contributed by atoms with van der Waals surface area (Å²) in [5.41, 5.74) is 1.71. The SMILES string of the molecule is CN1CCNC(CNc2cccc(C#N)c2)C1. The second kappa shape index (κ2) is 5.67. The molecule has 2 N–H and O–H groups in total. The Morgan fingerprint density at radius 2 is 2.47 bits per heavy atom. The zero-order valence-corrected chi connectivity index (χ0v) is 10.1. The van der Waals surface area contributed by atoms with Gasteiger partial charge in [-0.3, -0.25) is 0 Å². The summed E-state index contributed by atoms with van der Waals surface area (Å²) in [7, 11) is 2.14. The van der Waals surface area contributed by atoms with E-state index in [2.05, 4.69) is 28.7 Å². The van der Waals surface area contributed by atoms with Crippen molar-refractivity contribution >= 4 is 5.69 Å². The molecule has 2 rings (SSSR count). The molecule has 0 bridgehead atoms. The summed E-state index contributed by atoms with van der Waals surface area (Å²) in [5.74, 6) is 0. The molecule has 1 fully saturated rings. The third kappa shape index (κ3) is 3.45. The normalized spacial score (nSPS) is 20.8. The molecule has 4 nitrogen and oxygen atoms in total. The zero-order valence-electron chi connectivity index (χ0n) is 10.1. The van der Waals surface area contributed by atoms with Crippen molar-refractivity contribution in [3.05, 3.63) is 29.8 Å². The highest BCUT2D eigenvalue weighted by Crippen LogP contribution is 2.10. The monoisotopic (exact) mass is 230 g/mol. The largest absolute Gasteiger partial charge is 0.383 e. The fourth-order valence-corrected chi connectivity index (χ4v) is 2.07. The summed E-state index contributed by atoms with van der Waals surface area (Å²) >= 11 is 0. The molecule has 90 valence electrons. The molecule has 1 saturated heterocycles. The Balaban J connectivity index is 1.87. The van der Waals surface area contributed by atoms with E-state index in [1.807, 2.05) is 24.3 Å². The van der Waals surface area contributed by atoms with E-state index in [1.54, 1.807) is 0 Å². The minimum Gasteiger partial charge on any atom is -0.383 e. The van der Waals surface area contributed by atoms with Crippen molar-refractivity contribution < 1.29 is 0 Å². The van der Waals surface area contributed by atoms with Crippen molar-refractivity contribution in [1.82, 2.24) is 10.2 Å². The molecule has 0 spiro atoms. The number of nitriles is 1. The van der Waals surface area contributed by atoms with E-state index in [-0.39, 0.29) is 0 Å². The van der Waals surface area contributed by atoms with Crippen LogP contribution in [0.1, 0.15) is 5.56 Å². The molecule has 0 aromatic heterocycles. The highest BCUT2D eigenvalue weighted by atomic mass is 15.2.